The normalized spacial score (nSPS) is 17.1. The number of nitrogens with zero attached hydrogens (tertiary/aromatic N) is 2. The molecule has 0 radical (unpaired) electrons. The number of β-amino-alcohol motifs (C(OH)–C–C–N with tert-alkyl or cyclic N) is 1. The third-order valence-corrected chi connectivity index (χ3v) is 5.02. The molecular formula is C18H24N2O3S. The standard InChI is InChI=1S/C18H24N2O3S/c21-16-4-1-3-15(11-16)20-8-6-19(7-9-20)12-17(22)13-23-14-18-5-2-10-24-18/h1-5,10-11,17,21-22H,6-9,12-14H2. The molecule has 1 aliphatic heterocycles. The Labute approximate surface area is 146 Å². The van der Waals surface area contributed by atoms with Crippen molar-refractivity contribution < 1.29 is 14.9 Å². The number of aliphatic hydroxyl groups excluding tert-OH is 1. The van der Waals surface area contributed by atoms with E-state index in [0.29, 0.717) is 25.5 Å². The van der Waals surface area contributed by atoms with Crippen molar-refractivity contribution in [3.63, 3.8) is 0 Å². The molecule has 6 heteroatoms. The van der Waals surface area contributed by atoms with E-state index in [1.165, 1.54) is 4.88 Å². The highest BCUT2D eigenvalue weighted by atomic mass is 32.1. The summed E-state index contributed by atoms with van der Waals surface area (Å²) >= 11 is 1.67. The average molecular weight is 348 g/mol. The Morgan fingerprint density at radius 1 is 1.12 bits per heavy atom. The molecule has 24 heavy (non-hydrogen) atoms. The Morgan fingerprint density at radius 3 is 2.67 bits per heavy atom. The van der Waals surface area contributed by atoms with Crippen LogP contribution in [0.1, 0.15) is 4.88 Å². The first-order valence-corrected chi connectivity index (χ1v) is 9.13. The van der Waals surface area contributed by atoms with Crippen LogP contribution in [0, 0.1) is 0 Å². The van der Waals surface area contributed by atoms with Gasteiger partial charge in [0, 0.05) is 49.4 Å². The van der Waals surface area contributed by atoms with Gasteiger partial charge in [-0.15, -0.1) is 11.3 Å². The third-order valence-electron chi connectivity index (χ3n) is 4.17. The maximum Gasteiger partial charge on any atom is 0.117 e. The maximum absolute atomic E-state index is 10.1. The van der Waals surface area contributed by atoms with Crippen LogP contribution in [0.2, 0.25) is 0 Å². The monoisotopic (exact) mass is 348 g/mol. The second-order valence-corrected chi connectivity index (χ2v) is 7.09. The Balaban J connectivity index is 1.37. The molecule has 130 valence electrons. The number of anilines is 1. The van der Waals surface area contributed by atoms with Gasteiger partial charge in [0.2, 0.25) is 0 Å². The summed E-state index contributed by atoms with van der Waals surface area (Å²) in [6.07, 6.45) is -0.461. The van der Waals surface area contributed by atoms with Gasteiger partial charge in [0.05, 0.1) is 19.3 Å². The minimum Gasteiger partial charge on any atom is -0.508 e. The molecule has 1 saturated heterocycles. The summed E-state index contributed by atoms with van der Waals surface area (Å²) in [4.78, 5) is 5.70. The number of hydrogen-bond donors (Lipinski definition) is 2. The number of thiophene rings is 1. The van der Waals surface area contributed by atoms with Crippen LogP contribution in [0.4, 0.5) is 5.69 Å². The van der Waals surface area contributed by atoms with Crippen LogP contribution in [0.15, 0.2) is 41.8 Å². The molecule has 0 spiro atoms. The average Bonchev–Trinajstić information content (AvgIpc) is 3.09. The summed E-state index contributed by atoms with van der Waals surface area (Å²) in [7, 11) is 0. The molecule has 1 aromatic carbocycles. The molecule has 1 aliphatic rings. The summed E-state index contributed by atoms with van der Waals surface area (Å²) in [5, 5.41) is 21.8. The van der Waals surface area contributed by atoms with Gasteiger partial charge in [-0.1, -0.05) is 12.1 Å². The highest BCUT2D eigenvalue weighted by molar-refractivity contribution is 7.09. The lowest BCUT2D eigenvalue weighted by Crippen LogP contribution is -2.49. The lowest BCUT2D eigenvalue weighted by Gasteiger charge is -2.36. The summed E-state index contributed by atoms with van der Waals surface area (Å²) in [5.74, 6) is 0.299. The smallest absolute Gasteiger partial charge is 0.117 e. The van der Waals surface area contributed by atoms with Crippen LogP contribution in [-0.4, -0.2) is 60.5 Å². The van der Waals surface area contributed by atoms with E-state index in [1.807, 2.05) is 29.6 Å². The predicted molar refractivity (Wildman–Crippen MR) is 96.7 cm³/mol. The topological polar surface area (TPSA) is 56.2 Å². The molecule has 1 atom stereocenters. The van der Waals surface area contributed by atoms with Gasteiger partial charge in [0.1, 0.15) is 5.75 Å². The van der Waals surface area contributed by atoms with Gasteiger partial charge < -0.3 is 19.8 Å². The number of rotatable bonds is 7. The molecule has 0 saturated carbocycles. The third kappa shape index (κ3) is 4.95. The highest BCUT2D eigenvalue weighted by Crippen LogP contribution is 2.21. The van der Waals surface area contributed by atoms with Gasteiger partial charge in [0.25, 0.3) is 0 Å². The number of piperazine rings is 1. The number of phenols is 1. The van der Waals surface area contributed by atoms with E-state index >= 15 is 0 Å². The maximum atomic E-state index is 10.1. The van der Waals surface area contributed by atoms with Gasteiger partial charge in [-0.05, 0) is 23.6 Å². The number of hydrogen-bond acceptors (Lipinski definition) is 6. The van der Waals surface area contributed by atoms with E-state index in [1.54, 1.807) is 23.5 Å². The molecular weight excluding hydrogens is 324 g/mol. The molecule has 3 rings (SSSR count). The fraction of sp³-hybridized carbons (Fsp3) is 0.444. The van der Waals surface area contributed by atoms with Gasteiger partial charge in [-0.25, -0.2) is 0 Å². The zero-order valence-corrected chi connectivity index (χ0v) is 14.5. The quantitative estimate of drug-likeness (QED) is 0.803. The van der Waals surface area contributed by atoms with Crippen molar-refractivity contribution in [1.82, 2.24) is 4.90 Å². The van der Waals surface area contributed by atoms with Crippen molar-refractivity contribution >= 4 is 17.0 Å². The van der Waals surface area contributed by atoms with Crippen molar-refractivity contribution in [2.24, 2.45) is 0 Å². The largest absolute Gasteiger partial charge is 0.508 e. The molecule has 2 heterocycles. The highest BCUT2D eigenvalue weighted by Gasteiger charge is 2.19. The fourth-order valence-electron chi connectivity index (χ4n) is 2.92. The van der Waals surface area contributed by atoms with Gasteiger partial charge in [0.15, 0.2) is 0 Å². The minimum atomic E-state index is -0.461. The zero-order valence-electron chi connectivity index (χ0n) is 13.7. The molecule has 2 aromatic rings. The Hall–Kier alpha value is -1.60. The van der Waals surface area contributed by atoms with Crippen molar-refractivity contribution in [3.8, 4) is 5.75 Å². The van der Waals surface area contributed by atoms with Crippen LogP contribution in [0.3, 0.4) is 0 Å². The summed E-state index contributed by atoms with van der Waals surface area (Å²) in [6.45, 7) is 5.16. The van der Waals surface area contributed by atoms with Crippen molar-refractivity contribution in [1.29, 1.82) is 0 Å². The van der Waals surface area contributed by atoms with Crippen molar-refractivity contribution in [2.45, 2.75) is 12.7 Å². The van der Waals surface area contributed by atoms with Crippen LogP contribution in [0.25, 0.3) is 0 Å². The fourth-order valence-corrected chi connectivity index (χ4v) is 3.56. The Morgan fingerprint density at radius 2 is 1.96 bits per heavy atom. The number of benzene rings is 1. The second kappa shape index (κ2) is 8.48. The molecule has 0 amide bonds. The predicted octanol–water partition coefficient (Wildman–Crippen LogP) is 2.15. The second-order valence-electron chi connectivity index (χ2n) is 6.06. The van der Waals surface area contributed by atoms with Gasteiger partial charge in [-0.3, -0.25) is 4.90 Å². The lowest BCUT2D eigenvalue weighted by atomic mass is 10.2. The van der Waals surface area contributed by atoms with E-state index in [9.17, 15) is 10.2 Å². The van der Waals surface area contributed by atoms with Gasteiger partial charge in [-0.2, -0.15) is 0 Å². The number of phenolic OH excluding ortho intramolecular Hbond substituents is 1. The summed E-state index contributed by atoms with van der Waals surface area (Å²) in [6, 6.07) is 11.4. The van der Waals surface area contributed by atoms with Crippen molar-refractivity contribution in [2.75, 3.05) is 44.2 Å². The van der Waals surface area contributed by atoms with E-state index in [0.717, 1.165) is 31.9 Å². The van der Waals surface area contributed by atoms with E-state index < -0.39 is 6.10 Å². The lowest BCUT2D eigenvalue weighted by molar-refractivity contribution is 0.00991. The molecule has 2 N–H and O–H groups in total. The molecule has 1 aromatic heterocycles. The number of aromatic hydroxyl groups is 1. The summed E-state index contributed by atoms with van der Waals surface area (Å²) < 4.78 is 5.58. The number of ether oxygens (including phenoxy) is 1. The Bertz CT molecular complexity index is 612. The van der Waals surface area contributed by atoms with Gasteiger partial charge >= 0.3 is 0 Å². The summed E-state index contributed by atoms with van der Waals surface area (Å²) in [5.41, 5.74) is 1.05. The first-order chi connectivity index (χ1) is 11.7. The Kier molecular flexibility index (Phi) is 6.09. The van der Waals surface area contributed by atoms with Crippen LogP contribution >= 0.6 is 11.3 Å². The van der Waals surface area contributed by atoms with Crippen molar-refractivity contribution in [3.05, 3.63) is 46.7 Å². The van der Waals surface area contributed by atoms with Crippen LogP contribution in [-0.2, 0) is 11.3 Å². The first kappa shape index (κ1) is 17.2. The van der Waals surface area contributed by atoms with Crippen LogP contribution < -0.4 is 4.90 Å². The van der Waals surface area contributed by atoms with Crippen LogP contribution in [0.5, 0.6) is 5.75 Å². The first-order valence-electron chi connectivity index (χ1n) is 8.25. The molecule has 1 unspecified atom stereocenters. The molecule has 5 nitrogen and oxygen atoms in total. The SMILES string of the molecule is Oc1cccc(N2CCN(CC(O)COCc3cccs3)CC2)c1. The van der Waals surface area contributed by atoms with E-state index in [4.69, 9.17) is 4.74 Å². The molecule has 0 aliphatic carbocycles. The minimum absolute atomic E-state index is 0.299. The van der Waals surface area contributed by atoms with E-state index in [-0.39, 0.29) is 0 Å². The van der Waals surface area contributed by atoms with E-state index in [2.05, 4.69) is 9.80 Å². The molecule has 0 bridgehead atoms. The molecule has 1 fully saturated rings. The zero-order chi connectivity index (χ0) is 16.8. The number of aliphatic hydroxyl groups is 1.